The van der Waals surface area contributed by atoms with Crippen LogP contribution in [-0.2, 0) is 0 Å². The van der Waals surface area contributed by atoms with E-state index < -0.39 is 0 Å². The van der Waals surface area contributed by atoms with Gasteiger partial charge in [0.1, 0.15) is 0 Å². The monoisotopic (exact) mass is 300 g/mol. The zero-order valence-electron chi connectivity index (χ0n) is 7.40. The fourth-order valence-corrected chi connectivity index (χ4v) is 1.51. The molecule has 1 rings (SSSR count). The average Bonchev–Trinajstić information content (AvgIpc) is 2.13. The van der Waals surface area contributed by atoms with E-state index in [1.54, 1.807) is 0 Å². The van der Waals surface area contributed by atoms with Crippen LogP contribution in [0.2, 0.25) is 0 Å². The predicted octanol–water partition coefficient (Wildman–Crippen LogP) is 3.89. The van der Waals surface area contributed by atoms with Crippen molar-refractivity contribution < 1.29 is 0 Å². The minimum Gasteiger partial charge on any atom is -0.0970 e. The Hall–Kier alpha value is -0.260. The van der Waals surface area contributed by atoms with E-state index in [1.165, 1.54) is 5.56 Å². The van der Waals surface area contributed by atoms with Crippen LogP contribution in [0.3, 0.4) is 0 Å². The minimum absolute atomic E-state index is 0.895. The molecule has 13 heavy (non-hydrogen) atoms. The normalized spacial score (nSPS) is 9.15. The molecule has 0 nitrogen and oxygen atoms in total. The maximum Gasteiger partial charge on any atom is 0.0285 e. The second-order valence-corrected chi connectivity index (χ2v) is 4.30. The van der Waals surface area contributed by atoms with Crippen molar-refractivity contribution in [1.82, 2.24) is 0 Å². The third-order valence-electron chi connectivity index (χ3n) is 1.71. The Morgan fingerprint density at radius 1 is 1.38 bits per heavy atom. The Morgan fingerprint density at radius 2 is 2.15 bits per heavy atom. The van der Waals surface area contributed by atoms with Crippen molar-refractivity contribution in [3.05, 3.63) is 33.8 Å². The maximum absolute atomic E-state index is 3.48. The molecule has 0 fully saturated rings. The third-order valence-corrected chi connectivity index (χ3v) is 2.97. The molecule has 0 aromatic heterocycles. The highest BCUT2D eigenvalue weighted by molar-refractivity contribution is 9.10. The van der Waals surface area contributed by atoms with E-state index in [0.29, 0.717) is 0 Å². The van der Waals surface area contributed by atoms with E-state index in [-0.39, 0.29) is 0 Å². The highest BCUT2D eigenvalue weighted by Gasteiger charge is 1.96. The summed E-state index contributed by atoms with van der Waals surface area (Å²) >= 11 is 6.82. The van der Waals surface area contributed by atoms with Gasteiger partial charge in [-0.15, -0.1) is 0 Å². The van der Waals surface area contributed by atoms with Crippen molar-refractivity contribution in [3.63, 3.8) is 0 Å². The maximum atomic E-state index is 3.48. The molecule has 0 amide bonds. The number of hydrogen-bond acceptors (Lipinski definition) is 0. The fraction of sp³-hybridized carbons (Fsp3) is 0.273. The van der Waals surface area contributed by atoms with Crippen molar-refractivity contribution >= 4 is 31.9 Å². The summed E-state index contributed by atoms with van der Waals surface area (Å²) in [5.41, 5.74) is 2.32. The smallest absolute Gasteiger partial charge is 0.0285 e. The van der Waals surface area contributed by atoms with Crippen LogP contribution < -0.4 is 0 Å². The Kier molecular flexibility index (Phi) is 4.55. The van der Waals surface area contributed by atoms with Crippen molar-refractivity contribution in [2.24, 2.45) is 0 Å². The predicted molar refractivity (Wildman–Crippen MR) is 64.2 cm³/mol. The summed E-state index contributed by atoms with van der Waals surface area (Å²) in [6.45, 7) is 2.07. The van der Waals surface area contributed by atoms with Gasteiger partial charge in [-0.2, -0.15) is 0 Å². The lowest BCUT2D eigenvalue weighted by Gasteiger charge is -1.99. The molecule has 0 bridgehead atoms. The zero-order chi connectivity index (χ0) is 9.68. The van der Waals surface area contributed by atoms with Crippen LogP contribution in [0.15, 0.2) is 22.7 Å². The van der Waals surface area contributed by atoms with Crippen LogP contribution in [0.4, 0.5) is 0 Å². The number of alkyl halides is 1. The van der Waals surface area contributed by atoms with Gasteiger partial charge < -0.3 is 0 Å². The first-order chi connectivity index (χ1) is 6.25. The summed E-state index contributed by atoms with van der Waals surface area (Å²) in [6.07, 6.45) is 0.895. The van der Waals surface area contributed by atoms with E-state index in [1.807, 2.05) is 18.2 Å². The lowest BCUT2D eigenvalue weighted by atomic mass is 10.1. The van der Waals surface area contributed by atoms with Gasteiger partial charge in [-0.1, -0.05) is 49.8 Å². The van der Waals surface area contributed by atoms with Crippen LogP contribution in [0.5, 0.6) is 0 Å². The van der Waals surface area contributed by atoms with Gasteiger partial charge in [0, 0.05) is 21.8 Å². The van der Waals surface area contributed by atoms with Crippen molar-refractivity contribution in [2.45, 2.75) is 13.3 Å². The molecule has 0 aliphatic carbocycles. The van der Waals surface area contributed by atoms with Gasteiger partial charge in [-0.3, -0.25) is 0 Å². The first-order valence-electron chi connectivity index (χ1n) is 4.05. The van der Waals surface area contributed by atoms with Gasteiger partial charge in [0.05, 0.1) is 0 Å². The molecule has 0 saturated heterocycles. The molecule has 1 aromatic rings. The molecule has 0 unspecified atom stereocenters. The largest absolute Gasteiger partial charge is 0.0970 e. The summed E-state index contributed by atoms with van der Waals surface area (Å²) in [5.74, 6) is 6.25. The van der Waals surface area contributed by atoms with Crippen molar-refractivity contribution in [2.75, 3.05) is 5.33 Å². The topological polar surface area (TPSA) is 0 Å². The van der Waals surface area contributed by atoms with E-state index in [2.05, 4.69) is 50.6 Å². The van der Waals surface area contributed by atoms with Gasteiger partial charge in [0.15, 0.2) is 0 Å². The third kappa shape index (κ3) is 3.17. The van der Waals surface area contributed by atoms with Crippen molar-refractivity contribution in [3.8, 4) is 11.8 Å². The minimum atomic E-state index is 0.895. The van der Waals surface area contributed by atoms with Crippen molar-refractivity contribution in [1.29, 1.82) is 0 Å². The molecular weight excluding hydrogens is 292 g/mol. The van der Waals surface area contributed by atoms with E-state index in [4.69, 9.17) is 0 Å². The van der Waals surface area contributed by atoms with Crippen LogP contribution >= 0.6 is 31.9 Å². The summed E-state index contributed by atoms with van der Waals surface area (Å²) < 4.78 is 1.12. The molecule has 0 heterocycles. The van der Waals surface area contributed by atoms with Gasteiger partial charge in [-0.05, 0) is 24.6 Å². The second kappa shape index (κ2) is 5.47. The summed E-state index contributed by atoms with van der Waals surface area (Å²) in [6, 6.07) is 6.08. The molecule has 0 aliphatic heterocycles. The second-order valence-electron chi connectivity index (χ2n) is 2.65. The van der Waals surface area contributed by atoms with Gasteiger partial charge in [-0.25, -0.2) is 0 Å². The Bertz CT molecular complexity index is 345. The Labute approximate surface area is 96.0 Å². The first-order valence-corrected chi connectivity index (χ1v) is 5.97. The standard InChI is InChI=1S/C11H10Br2/c1-9-10(5-2-3-8-12)6-4-7-11(9)13/h4,6-7H,3,8H2,1H3. The number of benzene rings is 1. The molecule has 0 radical (unpaired) electrons. The van der Waals surface area contributed by atoms with E-state index in [9.17, 15) is 0 Å². The lowest BCUT2D eigenvalue weighted by molar-refractivity contribution is 1.31. The molecular formula is C11H10Br2. The first kappa shape index (κ1) is 10.8. The lowest BCUT2D eigenvalue weighted by Crippen LogP contribution is -1.82. The van der Waals surface area contributed by atoms with Gasteiger partial charge in [0.2, 0.25) is 0 Å². The SMILES string of the molecule is Cc1c(Br)cccc1C#CCCBr. The fourth-order valence-electron chi connectivity index (χ4n) is 0.948. The molecule has 0 N–H and O–H groups in total. The number of hydrogen-bond donors (Lipinski definition) is 0. The Balaban J connectivity index is 2.91. The molecule has 1 aromatic carbocycles. The average molecular weight is 302 g/mol. The molecule has 0 aliphatic rings. The summed E-state index contributed by atoms with van der Waals surface area (Å²) in [7, 11) is 0. The molecule has 68 valence electrons. The molecule has 0 saturated carbocycles. The summed E-state index contributed by atoms with van der Waals surface area (Å²) in [5, 5.41) is 0.938. The summed E-state index contributed by atoms with van der Waals surface area (Å²) in [4.78, 5) is 0. The van der Waals surface area contributed by atoms with Gasteiger partial charge in [0.25, 0.3) is 0 Å². The van der Waals surface area contributed by atoms with Crippen LogP contribution in [0, 0.1) is 18.8 Å². The number of rotatable bonds is 1. The van der Waals surface area contributed by atoms with Crippen LogP contribution in [0.1, 0.15) is 17.5 Å². The van der Waals surface area contributed by atoms with E-state index in [0.717, 1.165) is 21.8 Å². The quantitative estimate of drug-likeness (QED) is 0.545. The Morgan fingerprint density at radius 3 is 2.85 bits per heavy atom. The number of halogens is 2. The van der Waals surface area contributed by atoms with Crippen LogP contribution in [-0.4, -0.2) is 5.33 Å². The molecule has 0 spiro atoms. The van der Waals surface area contributed by atoms with Crippen LogP contribution in [0.25, 0.3) is 0 Å². The van der Waals surface area contributed by atoms with Gasteiger partial charge >= 0.3 is 0 Å². The molecule has 0 atom stereocenters. The highest BCUT2D eigenvalue weighted by Crippen LogP contribution is 2.18. The zero-order valence-corrected chi connectivity index (χ0v) is 10.6. The highest BCUT2D eigenvalue weighted by atomic mass is 79.9. The molecule has 2 heteroatoms. The van der Waals surface area contributed by atoms with E-state index >= 15 is 0 Å².